The van der Waals surface area contributed by atoms with E-state index in [1.54, 1.807) is 23.1 Å². The van der Waals surface area contributed by atoms with E-state index in [2.05, 4.69) is 5.32 Å². The average Bonchev–Trinajstić information content (AvgIpc) is 3.29. The van der Waals surface area contributed by atoms with Crippen molar-refractivity contribution in [3.8, 4) is 0 Å². The quantitative estimate of drug-likeness (QED) is 0.857. The lowest BCUT2D eigenvalue weighted by Gasteiger charge is -2.33. The third kappa shape index (κ3) is 3.02. The van der Waals surface area contributed by atoms with Crippen molar-refractivity contribution in [1.29, 1.82) is 0 Å². The predicted molar refractivity (Wildman–Crippen MR) is 97.8 cm³/mol. The molecule has 1 fully saturated rings. The van der Waals surface area contributed by atoms with E-state index >= 15 is 0 Å². The van der Waals surface area contributed by atoms with Gasteiger partial charge in [-0.2, -0.15) is 4.31 Å². The number of hydrogen-bond donors (Lipinski definition) is 1. The first kappa shape index (κ1) is 17.2. The van der Waals surface area contributed by atoms with Gasteiger partial charge in [0.2, 0.25) is 15.9 Å². The van der Waals surface area contributed by atoms with Crippen LogP contribution in [-0.2, 0) is 21.2 Å². The molecule has 7 nitrogen and oxygen atoms in total. The van der Waals surface area contributed by atoms with Crippen LogP contribution < -0.4 is 5.32 Å². The van der Waals surface area contributed by atoms with E-state index in [4.69, 9.17) is 0 Å². The smallest absolute Gasteiger partial charge is 0.264 e. The van der Waals surface area contributed by atoms with Crippen molar-refractivity contribution in [1.82, 2.24) is 9.21 Å². The van der Waals surface area contributed by atoms with Gasteiger partial charge in [0, 0.05) is 31.9 Å². The molecule has 1 aromatic heterocycles. The summed E-state index contributed by atoms with van der Waals surface area (Å²) in [6.45, 7) is 1.24. The number of amides is 2. The summed E-state index contributed by atoms with van der Waals surface area (Å²) in [4.78, 5) is 26.4. The molecule has 1 N–H and O–H groups in total. The maximum absolute atomic E-state index is 12.9. The Morgan fingerprint density at radius 2 is 1.88 bits per heavy atom. The Bertz CT molecular complexity index is 962. The summed E-state index contributed by atoms with van der Waals surface area (Å²) in [6, 6.07) is 8.31. The zero-order valence-corrected chi connectivity index (χ0v) is 15.5. The highest BCUT2D eigenvalue weighted by molar-refractivity contribution is 7.89. The number of fused-ring (bicyclic) bond motifs is 1. The number of sulfonamides is 1. The van der Waals surface area contributed by atoms with Gasteiger partial charge in [-0.1, -0.05) is 6.07 Å². The van der Waals surface area contributed by atoms with E-state index in [-0.39, 0.29) is 36.2 Å². The van der Waals surface area contributed by atoms with Crippen molar-refractivity contribution in [3.05, 3.63) is 46.2 Å². The summed E-state index contributed by atoms with van der Waals surface area (Å²) in [5.74, 6) is -0.186. The van der Waals surface area contributed by atoms with E-state index in [1.165, 1.54) is 21.7 Å². The number of nitrogens with zero attached hydrogens (tertiary/aromatic N) is 2. The Balaban J connectivity index is 1.48. The molecule has 1 saturated heterocycles. The SMILES string of the molecule is O=C1Cc2cc(S(=O)(=O)N3CCN(C(=O)c4cccs4)CC3)ccc2N1. The van der Waals surface area contributed by atoms with Gasteiger partial charge >= 0.3 is 0 Å². The number of anilines is 1. The topological polar surface area (TPSA) is 86.8 Å². The molecule has 26 heavy (non-hydrogen) atoms. The molecule has 2 aromatic rings. The molecule has 2 amide bonds. The van der Waals surface area contributed by atoms with Gasteiger partial charge in [-0.3, -0.25) is 9.59 Å². The molecular formula is C17H17N3O4S2. The molecule has 0 saturated carbocycles. The third-order valence-electron chi connectivity index (χ3n) is 4.60. The Kier molecular flexibility index (Phi) is 4.29. The standard InChI is InChI=1S/C17H17N3O4S2/c21-16-11-12-10-13(3-4-14(12)18-16)26(23,24)20-7-5-19(6-8-20)17(22)15-2-1-9-25-15/h1-4,9-10H,5-8,11H2,(H,18,21). The largest absolute Gasteiger partial charge is 0.335 e. The lowest BCUT2D eigenvalue weighted by Crippen LogP contribution is -2.50. The number of benzene rings is 1. The summed E-state index contributed by atoms with van der Waals surface area (Å²) in [6.07, 6.45) is 0.196. The number of piperazine rings is 1. The molecule has 0 atom stereocenters. The second-order valence-corrected chi connectivity index (χ2v) is 9.10. The van der Waals surface area contributed by atoms with E-state index in [0.717, 1.165) is 0 Å². The van der Waals surface area contributed by atoms with Crippen molar-refractivity contribution in [2.45, 2.75) is 11.3 Å². The predicted octanol–water partition coefficient (Wildman–Crippen LogP) is 1.39. The molecule has 0 spiro atoms. The first-order valence-corrected chi connectivity index (χ1v) is 10.5. The number of carbonyl (C=O) groups is 2. The molecular weight excluding hydrogens is 374 g/mol. The van der Waals surface area contributed by atoms with E-state index in [0.29, 0.717) is 29.2 Å². The fraction of sp³-hybridized carbons (Fsp3) is 0.294. The summed E-state index contributed by atoms with van der Waals surface area (Å²) in [5.41, 5.74) is 1.36. The Morgan fingerprint density at radius 1 is 1.12 bits per heavy atom. The fourth-order valence-corrected chi connectivity index (χ4v) is 5.37. The minimum Gasteiger partial charge on any atom is -0.335 e. The average molecular weight is 391 g/mol. The highest BCUT2D eigenvalue weighted by Crippen LogP contribution is 2.28. The highest BCUT2D eigenvalue weighted by atomic mass is 32.2. The molecule has 0 aliphatic carbocycles. The van der Waals surface area contributed by atoms with Crippen LogP contribution in [0.25, 0.3) is 0 Å². The van der Waals surface area contributed by atoms with Crippen molar-refractivity contribution in [3.63, 3.8) is 0 Å². The van der Waals surface area contributed by atoms with Crippen molar-refractivity contribution in [2.24, 2.45) is 0 Å². The summed E-state index contributed by atoms with van der Waals surface area (Å²) in [7, 11) is -3.65. The van der Waals surface area contributed by atoms with Gasteiger partial charge in [0.1, 0.15) is 0 Å². The van der Waals surface area contributed by atoms with Gasteiger partial charge in [-0.05, 0) is 35.2 Å². The van der Waals surface area contributed by atoms with Crippen LogP contribution in [0.2, 0.25) is 0 Å². The monoisotopic (exact) mass is 391 g/mol. The summed E-state index contributed by atoms with van der Waals surface area (Å²) in [5, 5.41) is 4.55. The van der Waals surface area contributed by atoms with Crippen molar-refractivity contribution in [2.75, 3.05) is 31.5 Å². The van der Waals surface area contributed by atoms with E-state index in [1.807, 2.05) is 11.4 Å². The molecule has 0 radical (unpaired) electrons. The zero-order valence-electron chi connectivity index (χ0n) is 13.8. The minimum atomic E-state index is -3.65. The van der Waals surface area contributed by atoms with Gasteiger partial charge in [-0.25, -0.2) is 8.42 Å². The van der Waals surface area contributed by atoms with Crippen LogP contribution in [-0.4, -0.2) is 55.6 Å². The molecule has 0 unspecified atom stereocenters. The Morgan fingerprint density at radius 3 is 2.58 bits per heavy atom. The first-order valence-electron chi connectivity index (χ1n) is 8.21. The van der Waals surface area contributed by atoms with Gasteiger partial charge in [0.15, 0.2) is 0 Å². The maximum Gasteiger partial charge on any atom is 0.264 e. The number of rotatable bonds is 3. The number of thiophene rings is 1. The molecule has 0 bridgehead atoms. The molecule has 4 rings (SSSR count). The van der Waals surface area contributed by atoms with E-state index in [9.17, 15) is 18.0 Å². The minimum absolute atomic E-state index is 0.0563. The van der Waals surface area contributed by atoms with Crippen LogP contribution in [0.4, 0.5) is 5.69 Å². The first-order chi connectivity index (χ1) is 12.4. The Labute approximate surface area is 155 Å². The lowest BCUT2D eigenvalue weighted by atomic mass is 10.2. The Hall–Kier alpha value is -2.23. The number of carbonyl (C=O) groups excluding carboxylic acids is 2. The molecule has 2 aliphatic rings. The van der Waals surface area contributed by atoms with Crippen LogP contribution in [0.1, 0.15) is 15.2 Å². The fourth-order valence-electron chi connectivity index (χ4n) is 3.20. The highest BCUT2D eigenvalue weighted by Gasteiger charge is 2.31. The van der Waals surface area contributed by atoms with Crippen LogP contribution in [0.3, 0.4) is 0 Å². The maximum atomic E-state index is 12.9. The van der Waals surface area contributed by atoms with Crippen LogP contribution >= 0.6 is 11.3 Å². The van der Waals surface area contributed by atoms with Gasteiger partial charge in [0.25, 0.3) is 5.91 Å². The van der Waals surface area contributed by atoms with Gasteiger partial charge in [-0.15, -0.1) is 11.3 Å². The van der Waals surface area contributed by atoms with Gasteiger partial charge < -0.3 is 10.2 Å². The molecule has 3 heterocycles. The second-order valence-electron chi connectivity index (χ2n) is 6.22. The van der Waals surface area contributed by atoms with Gasteiger partial charge in [0.05, 0.1) is 16.2 Å². The normalized spacial score (nSPS) is 17.8. The number of nitrogens with one attached hydrogen (secondary N) is 1. The molecule has 136 valence electrons. The van der Waals surface area contributed by atoms with Crippen LogP contribution in [0.15, 0.2) is 40.6 Å². The van der Waals surface area contributed by atoms with Crippen LogP contribution in [0.5, 0.6) is 0 Å². The summed E-state index contributed by atoms with van der Waals surface area (Å²) >= 11 is 1.38. The van der Waals surface area contributed by atoms with E-state index < -0.39 is 10.0 Å². The lowest BCUT2D eigenvalue weighted by molar-refractivity contribution is -0.115. The zero-order chi connectivity index (χ0) is 18.3. The third-order valence-corrected chi connectivity index (χ3v) is 7.35. The summed E-state index contributed by atoms with van der Waals surface area (Å²) < 4.78 is 27.2. The van der Waals surface area contributed by atoms with Crippen molar-refractivity contribution < 1.29 is 18.0 Å². The van der Waals surface area contributed by atoms with Crippen molar-refractivity contribution >= 4 is 38.9 Å². The van der Waals surface area contributed by atoms with Crippen LogP contribution in [0, 0.1) is 0 Å². The molecule has 9 heteroatoms. The molecule has 2 aliphatic heterocycles. The second kappa shape index (κ2) is 6.49. The number of hydrogen-bond acceptors (Lipinski definition) is 5. The molecule has 1 aromatic carbocycles.